The van der Waals surface area contributed by atoms with Crippen molar-refractivity contribution in [2.75, 3.05) is 32.1 Å². The summed E-state index contributed by atoms with van der Waals surface area (Å²) in [5.41, 5.74) is 2.92. The highest BCUT2D eigenvalue weighted by Crippen LogP contribution is 2.28. The molecule has 1 fully saturated rings. The third-order valence-corrected chi connectivity index (χ3v) is 7.77. The number of carbonyl (C=O) groups is 1. The Bertz CT molecular complexity index is 1240. The summed E-state index contributed by atoms with van der Waals surface area (Å²) in [7, 11) is 4.22. The molecule has 2 bridgehead atoms. The fourth-order valence-corrected chi connectivity index (χ4v) is 5.67. The predicted octanol–water partition coefficient (Wildman–Crippen LogP) is 4.02. The number of hydrogen-bond acceptors (Lipinski definition) is 8. The average Bonchev–Trinajstić information content (AvgIpc) is 3.45. The molecular weight excluding hydrogens is 446 g/mol. The first kappa shape index (κ1) is 22.9. The molecule has 0 aromatic carbocycles. The maximum Gasteiger partial charge on any atom is 0.266 e. The molecule has 0 radical (unpaired) electrons. The highest BCUT2D eigenvalue weighted by Gasteiger charge is 2.26. The van der Waals surface area contributed by atoms with E-state index in [0.29, 0.717) is 22.7 Å². The molecule has 0 aliphatic carbocycles. The number of aromatic nitrogens is 2. The quantitative estimate of drug-likeness (QED) is 0.719. The molecular formula is C25H31N7OS. The number of rotatable bonds is 4. The van der Waals surface area contributed by atoms with Crippen LogP contribution in [0.25, 0.3) is 10.2 Å². The van der Waals surface area contributed by atoms with Crippen LogP contribution in [0.15, 0.2) is 45.9 Å². The second-order valence-electron chi connectivity index (χ2n) is 9.54. The van der Waals surface area contributed by atoms with Gasteiger partial charge in [0.15, 0.2) is 0 Å². The molecule has 9 heteroatoms. The largest absolute Gasteiger partial charge is 0.339 e. The Morgan fingerprint density at radius 1 is 1.24 bits per heavy atom. The number of allylic oxidation sites excluding steroid dienone is 3. The second-order valence-corrected chi connectivity index (χ2v) is 10.6. The van der Waals surface area contributed by atoms with Gasteiger partial charge in [-0.2, -0.15) is 0 Å². The number of carbonyl (C=O) groups excluding carboxylic acids is 1. The van der Waals surface area contributed by atoms with Crippen LogP contribution in [0, 0.1) is 5.92 Å². The van der Waals surface area contributed by atoms with Crippen molar-refractivity contribution in [2.24, 2.45) is 15.9 Å². The molecule has 3 aliphatic heterocycles. The van der Waals surface area contributed by atoms with Crippen molar-refractivity contribution in [1.29, 1.82) is 0 Å². The lowest BCUT2D eigenvalue weighted by Crippen LogP contribution is -2.32. The number of aliphatic imine (C=N–C) groups is 2. The van der Waals surface area contributed by atoms with Crippen LogP contribution in [0.4, 0.5) is 5.95 Å². The van der Waals surface area contributed by atoms with Crippen molar-refractivity contribution in [3.63, 3.8) is 0 Å². The molecule has 2 aromatic rings. The lowest BCUT2D eigenvalue weighted by molar-refractivity contribution is 0.0969. The van der Waals surface area contributed by atoms with Gasteiger partial charge < -0.3 is 15.1 Å². The van der Waals surface area contributed by atoms with Crippen LogP contribution in [0.5, 0.6) is 0 Å². The van der Waals surface area contributed by atoms with E-state index in [1.165, 1.54) is 11.3 Å². The van der Waals surface area contributed by atoms with Gasteiger partial charge >= 0.3 is 0 Å². The van der Waals surface area contributed by atoms with E-state index in [0.717, 1.165) is 72.1 Å². The Balaban J connectivity index is 1.33. The van der Waals surface area contributed by atoms with Crippen LogP contribution in [-0.2, 0) is 0 Å². The maximum absolute atomic E-state index is 13.1. The van der Waals surface area contributed by atoms with Crippen molar-refractivity contribution in [3.05, 3.63) is 40.8 Å². The van der Waals surface area contributed by atoms with Gasteiger partial charge in [-0.05, 0) is 71.7 Å². The van der Waals surface area contributed by atoms with E-state index in [1.807, 2.05) is 32.2 Å². The van der Waals surface area contributed by atoms with Crippen LogP contribution in [0.2, 0.25) is 0 Å². The van der Waals surface area contributed by atoms with E-state index >= 15 is 0 Å². The minimum Gasteiger partial charge on any atom is -0.339 e. The number of anilines is 1. The smallest absolute Gasteiger partial charge is 0.266 e. The van der Waals surface area contributed by atoms with Crippen molar-refractivity contribution in [2.45, 2.75) is 45.6 Å². The summed E-state index contributed by atoms with van der Waals surface area (Å²) >= 11 is 1.40. The van der Waals surface area contributed by atoms with Gasteiger partial charge in [0.05, 0.1) is 16.3 Å². The van der Waals surface area contributed by atoms with Gasteiger partial charge in [-0.1, -0.05) is 6.08 Å². The molecule has 2 aromatic heterocycles. The summed E-state index contributed by atoms with van der Waals surface area (Å²) < 4.78 is 0. The zero-order valence-electron chi connectivity index (χ0n) is 20.2. The molecule has 1 amide bonds. The van der Waals surface area contributed by atoms with E-state index in [4.69, 9.17) is 9.98 Å². The van der Waals surface area contributed by atoms with Crippen molar-refractivity contribution >= 4 is 44.8 Å². The first-order valence-corrected chi connectivity index (χ1v) is 12.7. The van der Waals surface area contributed by atoms with Crippen molar-refractivity contribution in [1.82, 2.24) is 20.2 Å². The summed E-state index contributed by atoms with van der Waals surface area (Å²) in [5.74, 6) is 1.63. The number of fused-ring (bicyclic) bond motifs is 3. The standard InChI is InChI=1S/C25H31N7OS/c1-15-10-17-6-5-7-22(28-16(2)20(11-17)27-15)29-23(33)21-12-18-13-26-25(30-24(18)34-21)32-9-8-19(14-32)31(3)4/h7,10,12-13,17,19H,5-6,8-9,11,14H2,1-4H3,(H,29,33)/b22-7+,28-16-. The number of hydrogen-bond donors (Lipinski definition) is 1. The molecule has 1 saturated heterocycles. The summed E-state index contributed by atoms with van der Waals surface area (Å²) in [6, 6.07) is 2.38. The first-order chi connectivity index (χ1) is 16.4. The van der Waals surface area contributed by atoms with Gasteiger partial charge in [0.2, 0.25) is 5.95 Å². The highest BCUT2D eigenvalue weighted by atomic mass is 32.1. The molecule has 34 heavy (non-hydrogen) atoms. The first-order valence-electron chi connectivity index (χ1n) is 11.9. The number of amides is 1. The molecule has 2 atom stereocenters. The Hall–Kier alpha value is -2.91. The summed E-state index contributed by atoms with van der Waals surface area (Å²) in [5, 5.41) is 3.89. The van der Waals surface area contributed by atoms with Crippen molar-refractivity contribution < 1.29 is 4.79 Å². The molecule has 178 valence electrons. The molecule has 8 nitrogen and oxygen atoms in total. The molecule has 5 heterocycles. The predicted molar refractivity (Wildman–Crippen MR) is 139 cm³/mol. The molecule has 1 N–H and O–H groups in total. The highest BCUT2D eigenvalue weighted by molar-refractivity contribution is 7.20. The number of nitrogens with zero attached hydrogens (tertiary/aromatic N) is 6. The fourth-order valence-electron chi connectivity index (χ4n) is 4.77. The Labute approximate surface area is 204 Å². The molecule has 2 unspecified atom stereocenters. The Kier molecular flexibility index (Phi) is 6.31. The van der Waals surface area contributed by atoms with Gasteiger partial charge in [-0.3, -0.25) is 9.79 Å². The van der Waals surface area contributed by atoms with Crippen molar-refractivity contribution in [3.8, 4) is 0 Å². The number of nitrogens with one attached hydrogen (secondary N) is 1. The van der Waals surface area contributed by atoms with Gasteiger partial charge in [-0.15, -0.1) is 11.3 Å². The summed E-state index contributed by atoms with van der Waals surface area (Å²) in [6.07, 6.45) is 9.97. The fraction of sp³-hybridized carbons (Fsp3) is 0.480. The lowest BCUT2D eigenvalue weighted by Gasteiger charge is -2.20. The lowest BCUT2D eigenvalue weighted by atomic mass is 9.92. The Morgan fingerprint density at radius 3 is 2.88 bits per heavy atom. The SMILES string of the molecule is CC1=CC2CC/C=C(NC(=O)c3cc4cnc(N5CCC(N(C)C)C5)nc4s3)\N=C(\C)C(=N1)C2. The van der Waals surface area contributed by atoms with Gasteiger partial charge in [0.1, 0.15) is 10.7 Å². The summed E-state index contributed by atoms with van der Waals surface area (Å²) in [4.78, 5) is 37.7. The van der Waals surface area contributed by atoms with Gasteiger partial charge in [0, 0.05) is 36.4 Å². The van der Waals surface area contributed by atoms with Crippen LogP contribution in [0.3, 0.4) is 0 Å². The third kappa shape index (κ3) is 4.81. The molecule has 5 rings (SSSR count). The summed E-state index contributed by atoms with van der Waals surface area (Å²) in [6.45, 7) is 5.87. The van der Waals surface area contributed by atoms with Crippen LogP contribution in [0.1, 0.15) is 49.2 Å². The van der Waals surface area contributed by atoms with E-state index in [-0.39, 0.29) is 5.91 Å². The van der Waals surface area contributed by atoms with Crippen LogP contribution < -0.4 is 10.2 Å². The van der Waals surface area contributed by atoms with E-state index < -0.39 is 0 Å². The van der Waals surface area contributed by atoms with Gasteiger partial charge in [0.25, 0.3) is 5.91 Å². The van der Waals surface area contributed by atoms with E-state index in [9.17, 15) is 4.79 Å². The Morgan fingerprint density at radius 2 is 2.09 bits per heavy atom. The normalized spacial score (nSPS) is 26.1. The monoisotopic (exact) mass is 477 g/mol. The second kappa shape index (κ2) is 9.38. The van der Waals surface area contributed by atoms with E-state index in [2.05, 4.69) is 45.3 Å². The van der Waals surface area contributed by atoms with Crippen LogP contribution in [-0.4, -0.2) is 65.4 Å². The maximum atomic E-state index is 13.1. The zero-order valence-corrected chi connectivity index (χ0v) is 21.0. The zero-order chi connectivity index (χ0) is 23.8. The molecule has 0 spiro atoms. The van der Waals surface area contributed by atoms with E-state index in [1.54, 1.807) is 0 Å². The minimum atomic E-state index is -0.167. The third-order valence-electron chi connectivity index (χ3n) is 6.73. The number of likely N-dealkylation sites (N-methyl/N-ethyl adjacent to an activating group) is 1. The minimum absolute atomic E-state index is 0.167. The van der Waals surface area contributed by atoms with Crippen LogP contribution >= 0.6 is 11.3 Å². The van der Waals surface area contributed by atoms with Gasteiger partial charge in [-0.25, -0.2) is 15.0 Å². The number of thiophene rings is 1. The molecule has 0 saturated carbocycles. The topological polar surface area (TPSA) is 86.1 Å². The molecule has 3 aliphatic rings. The average molecular weight is 478 g/mol.